The number of carboxylic acids is 1. The Kier molecular flexibility index (Phi) is 14.0. The second-order valence-corrected chi connectivity index (χ2v) is 8.10. The van der Waals surface area contributed by atoms with Crippen molar-refractivity contribution in [3.05, 3.63) is 12.2 Å². The lowest BCUT2D eigenvalue weighted by atomic mass is 10.1. The first-order chi connectivity index (χ1) is 12.2. The third-order valence-electron chi connectivity index (χ3n) is 4.09. The van der Waals surface area contributed by atoms with E-state index in [1.54, 1.807) is 0 Å². The fourth-order valence-electron chi connectivity index (χ4n) is 2.84. The summed E-state index contributed by atoms with van der Waals surface area (Å²) in [4.78, 5) is 22.9. The maximum atomic E-state index is 11.9. The maximum Gasteiger partial charge on any atom is 0.307 e. The SMILES string of the molecule is CCCCCCCC/C=C/CCCC(=O)O[C@H](CC(=O)O)C[N+](C)(C)C. The average Bonchev–Trinajstić information content (AvgIpc) is 2.50. The molecular formula is C21H40NO4+. The molecule has 5 heteroatoms. The van der Waals surface area contributed by atoms with Crippen LogP contribution in [0.15, 0.2) is 12.2 Å². The van der Waals surface area contributed by atoms with E-state index in [0.717, 1.165) is 19.3 Å². The van der Waals surface area contributed by atoms with Gasteiger partial charge in [-0.2, -0.15) is 0 Å². The molecule has 0 spiro atoms. The number of quaternary nitrogens is 1. The van der Waals surface area contributed by atoms with Crippen LogP contribution >= 0.6 is 0 Å². The molecule has 0 fully saturated rings. The molecule has 0 heterocycles. The number of aliphatic carboxylic acids is 1. The Morgan fingerprint density at radius 2 is 1.54 bits per heavy atom. The maximum absolute atomic E-state index is 11.9. The van der Waals surface area contributed by atoms with Crippen LogP contribution in [-0.2, 0) is 14.3 Å². The number of allylic oxidation sites excluding steroid dienone is 2. The lowest BCUT2D eigenvalue weighted by Crippen LogP contribution is -2.43. The fraction of sp³-hybridized carbons (Fsp3) is 0.810. The molecule has 0 radical (unpaired) electrons. The molecule has 0 aromatic heterocycles. The Morgan fingerprint density at radius 3 is 2.12 bits per heavy atom. The Bertz CT molecular complexity index is 413. The number of carboxylic acid groups (broad SMARTS) is 1. The van der Waals surface area contributed by atoms with E-state index < -0.39 is 12.1 Å². The summed E-state index contributed by atoms with van der Waals surface area (Å²) in [5.74, 6) is -1.23. The minimum atomic E-state index is -0.936. The number of rotatable bonds is 16. The largest absolute Gasteiger partial charge is 0.481 e. The van der Waals surface area contributed by atoms with Crippen molar-refractivity contribution in [1.82, 2.24) is 0 Å². The summed E-state index contributed by atoms with van der Waals surface area (Å²) in [6.07, 6.45) is 14.5. The number of unbranched alkanes of at least 4 members (excludes halogenated alkanes) is 7. The van der Waals surface area contributed by atoms with Crippen molar-refractivity contribution in [3.63, 3.8) is 0 Å². The standard InChI is InChI=1S/C21H39NO4/c1-5-6-7-8-9-10-11-12-13-14-15-16-21(25)26-19(17-20(23)24)18-22(2,3)4/h12-13,19H,5-11,14-18H2,1-4H3/p+1/b13-12+/t19-/m1/s1. The number of esters is 1. The Hall–Kier alpha value is -1.36. The summed E-state index contributed by atoms with van der Waals surface area (Å²) in [5, 5.41) is 8.96. The third-order valence-corrected chi connectivity index (χ3v) is 4.09. The van der Waals surface area contributed by atoms with Crippen molar-refractivity contribution < 1.29 is 23.9 Å². The Balaban J connectivity index is 3.85. The van der Waals surface area contributed by atoms with E-state index in [2.05, 4.69) is 19.1 Å². The second kappa shape index (κ2) is 14.8. The molecule has 0 bridgehead atoms. The van der Waals surface area contributed by atoms with Gasteiger partial charge in [-0.1, -0.05) is 51.2 Å². The Labute approximate surface area is 160 Å². The lowest BCUT2D eigenvalue weighted by molar-refractivity contribution is -0.873. The van der Waals surface area contributed by atoms with Crippen LogP contribution in [0, 0.1) is 0 Å². The summed E-state index contributed by atoms with van der Waals surface area (Å²) in [7, 11) is 5.87. The summed E-state index contributed by atoms with van der Waals surface area (Å²) in [5.41, 5.74) is 0. The fourth-order valence-corrected chi connectivity index (χ4v) is 2.84. The monoisotopic (exact) mass is 370 g/mol. The first-order valence-electron chi connectivity index (χ1n) is 10.1. The van der Waals surface area contributed by atoms with Crippen LogP contribution in [0.2, 0.25) is 0 Å². The van der Waals surface area contributed by atoms with Gasteiger partial charge in [-0.05, 0) is 25.7 Å². The van der Waals surface area contributed by atoms with Crippen molar-refractivity contribution in [2.24, 2.45) is 0 Å². The van der Waals surface area contributed by atoms with Crippen LogP contribution in [0.5, 0.6) is 0 Å². The van der Waals surface area contributed by atoms with Gasteiger partial charge in [-0.25, -0.2) is 0 Å². The number of hydrogen-bond donors (Lipinski definition) is 1. The highest BCUT2D eigenvalue weighted by atomic mass is 16.5. The molecule has 26 heavy (non-hydrogen) atoms. The number of ether oxygens (including phenoxy) is 1. The van der Waals surface area contributed by atoms with Crippen LogP contribution < -0.4 is 0 Å². The van der Waals surface area contributed by atoms with Gasteiger partial charge in [-0.15, -0.1) is 0 Å². The number of nitrogens with zero attached hydrogens (tertiary/aromatic N) is 1. The second-order valence-electron chi connectivity index (χ2n) is 8.10. The van der Waals surface area contributed by atoms with E-state index >= 15 is 0 Å². The lowest BCUT2D eigenvalue weighted by Gasteiger charge is -2.28. The zero-order valence-corrected chi connectivity index (χ0v) is 17.3. The zero-order valence-electron chi connectivity index (χ0n) is 17.3. The average molecular weight is 371 g/mol. The van der Waals surface area contributed by atoms with Crippen molar-refractivity contribution >= 4 is 11.9 Å². The molecule has 0 aromatic rings. The predicted molar refractivity (Wildman–Crippen MR) is 106 cm³/mol. The molecule has 0 aliphatic rings. The van der Waals surface area contributed by atoms with E-state index in [-0.39, 0.29) is 12.4 Å². The van der Waals surface area contributed by atoms with Crippen molar-refractivity contribution in [2.75, 3.05) is 27.7 Å². The van der Waals surface area contributed by atoms with Gasteiger partial charge in [0.15, 0.2) is 6.10 Å². The molecule has 0 saturated carbocycles. The van der Waals surface area contributed by atoms with Crippen molar-refractivity contribution in [2.45, 2.75) is 83.7 Å². The van der Waals surface area contributed by atoms with Gasteiger partial charge in [0.2, 0.25) is 0 Å². The molecule has 0 aromatic carbocycles. The van der Waals surface area contributed by atoms with Gasteiger partial charge in [0.1, 0.15) is 6.54 Å². The molecule has 0 unspecified atom stereocenters. The smallest absolute Gasteiger partial charge is 0.307 e. The molecule has 1 atom stereocenters. The zero-order chi connectivity index (χ0) is 19.8. The minimum absolute atomic E-state index is 0.139. The minimum Gasteiger partial charge on any atom is -0.481 e. The molecule has 0 saturated heterocycles. The summed E-state index contributed by atoms with van der Waals surface area (Å²) < 4.78 is 5.93. The van der Waals surface area contributed by atoms with Gasteiger partial charge < -0.3 is 14.3 Å². The summed E-state index contributed by atoms with van der Waals surface area (Å²) in [6.45, 7) is 2.73. The Morgan fingerprint density at radius 1 is 0.962 bits per heavy atom. The molecule has 152 valence electrons. The van der Waals surface area contributed by atoms with E-state index in [1.165, 1.54) is 38.5 Å². The van der Waals surface area contributed by atoms with E-state index in [0.29, 0.717) is 17.4 Å². The van der Waals surface area contributed by atoms with Gasteiger partial charge in [-0.3, -0.25) is 9.59 Å². The first kappa shape index (κ1) is 24.6. The van der Waals surface area contributed by atoms with Crippen LogP contribution in [0.1, 0.15) is 77.6 Å². The van der Waals surface area contributed by atoms with Gasteiger partial charge in [0.25, 0.3) is 0 Å². The molecular weight excluding hydrogens is 330 g/mol. The molecule has 0 amide bonds. The molecule has 0 aliphatic carbocycles. The highest BCUT2D eigenvalue weighted by molar-refractivity contribution is 5.71. The number of carbonyl (C=O) groups is 2. The van der Waals surface area contributed by atoms with Crippen LogP contribution in [0.3, 0.4) is 0 Å². The number of likely N-dealkylation sites (N-methyl/N-ethyl adjacent to an activating group) is 1. The predicted octanol–water partition coefficient (Wildman–Crippen LogP) is 4.56. The van der Waals surface area contributed by atoms with Crippen LogP contribution in [0.4, 0.5) is 0 Å². The van der Waals surface area contributed by atoms with Crippen LogP contribution in [0.25, 0.3) is 0 Å². The van der Waals surface area contributed by atoms with Gasteiger partial charge in [0, 0.05) is 6.42 Å². The topological polar surface area (TPSA) is 63.6 Å². The first-order valence-corrected chi connectivity index (χ1v) is 10.1. The summed E-state index contributed by atoms with van der Waals surface area (Å²) >= 11 is 0. The quantitative estimate of drug-likeness (QED) is 0.187. The number of hydrogen-bond acceptors (Lipinski definition) is 3. The third kappa shape index (κ3) is 17.5. The van der Waals surface area contributed by atoms with Crippen molar-refractivity contribution in [3.8, 4) is 0 Å². The molecule has 5 nitrogen and oxygen atoms in total. The normalized spacial score (nSPS) is 13.1. The van der Waals surface area contributed by atoms with Gasteiger partial charge >= 0.3 is 11.9 Å². The molecule has 1 N–H and O–H groups in total. The van der Waals surface area contributed by atoms with E-state index in [1.807, 2.05) is 21.1 Å². The molecule has 0 rings (SSSR count). The number of carbonyl (C=O) groups excluding carboxylic acids is 1. The van der Waals surface area contributed by atoms with Crippen LogP contribution in [-0.4, -0.2) is 55.3 Å². The van der Waals surface area contributed by atoms with Crippen molar-refractivity contribution in [1.29, 1.82) is 0 Å². The highest BCUT2D eigenvalue weighted by Gasteiger charge is 2.24. The van der Waals surface area contributed by atoms with E-state index in [4.69, 9.17) is 9.84 Å². The van der Waals surface area contributed by atoms with Gasteiger partial charge in [0.05, 0.1) is 27.6 Å². The van der Waals surface area contributed by atoms with E-state index in [9.17, 15) is 9.59 Å². The molecule has 0 aliphatic heterocycles. The highest BCUT2D eigenvalue weighted by Crippen LogP contribution is 2.10. The summed E-state index contributed by atoms with van der Waals surface area (Å²) in [6, 6.07) is 0.